The summed E-state index contributed by atoms with van der Waals surface area (Å²) in [6.07, 6.45) is 2.03. The Morgan fingerprint density at radius 1 is 1.07 bits per heavy atom. The fraction of sp³-hybridized carbons (Fsp3) is 0.263. The van der Waals surface area contributed by atoms with E-state index in [9.17, 15) is 9.59 Å². The third-order valence-corrected chi connectivity index (χ3v) is 6.13. The van der Waals surface area contributed by atoms with Crippen molar-refractivity contribution in [3.8, 4) is 0 Å². The number of pyridine rings is 1. The molecule has 0 bridgehead atoms. The Labute approximate surface area is 170 Å². The zero-order valence-electron chi connectivity index (χ0n) is 15.1. The smallest absolute Gasteiger partial charge is 0.267 e. The molecule has 2 amide bonds. The van der Waals surface area contributed by atoms with E-state index in [2.05, 4.69) is 20.2 Å². The highest BCUT2D eigenvalue weighted by Gasteiger charge is 2.22. The predicted octanol–water partition coefficient (Wildman–Crippen LogP) is 2.74. The van der Waals surface area contributed by atoms with E-state index in [1.165, 1.54) is 22.7 Å². The van der Waals surface area contributed by atoms with Crippen LogP contribution in [0.3, 0.4) is 0 Å². The van der Waals surface area contributed by atoms with Crippen LogP contribution in [0.25, 0.3) is 0 Å². The molecule has 1 N–H and O–H groups in total. The van der Waals surface area contributed by atoms with Gasteiger partial charge in [-0.2, -0.15) is 0 Å². The Balaban J connectivity index is 1.29. The molecule has 0 aliphatic carbocycles. The summed E-state index contributed by atoms with van der Waals surface area (Å²) in [5, 5.41) is 6.98. The summed E-state index contributed by atoms with van der Waals surface area (Å²) in [7, 11) is 0. The van der Waals surface area contributed by atoms with Crippen LogP contribution < -0.4 is 10.2 Å². The third kappa shape index (κ3) is 4.37. The van der Waals surface area contributed by atoms with Crippen molar-refractivity contribution >= 4 is 45.4 Å². The summed E-state index contributed by atoms with van der Waals surface area (Å²) in [5.74, 6) is 0.829. The minimum Gasteiger partial charge on any atom is -0.353 e. The van der Waals surface area contributed by atoms with Crippen molar-refractivity contribution in [1.29, 1.82) is 0 Å². The van der Waals surface area contributed by atoms with Gasteiger partial charge in [0.15, 0.2) is 5.13 Å². The molecule has 0 atom stereocenters. The minimum absolute atomic E-state index is 0.0575. The first-order valence-corrected chi connectivity index (χ1v) is 10.7. The van der Waals surface area contributed by atoms with E-state index in [-0.39, 0.29) is 18.2 Å². The first-order valence-electron chi connectivity index (χ1n) is 8.92. The van der Waals surface area contributed by atoms with Gasteiger partial charge in [0.25, 0.3) is 5.91 Å². The number of rotatable bonds is 5. The van der Waals surface area contributed by atoms with Gasteiger partial charge in [-0.15, -0.1) is 22.7 Å². The van der Waals surface area contributed by atoms with Crippen LogP contribution >= 0.6 is 22.7 Å². The zero-order chi connectivity index (χ0) is 19.3. The molecule has 9 heteroatoms. The average molecular weight is 414 g/mol. The molecule has 0 saturated carbocycles. The molecule has 3 aromatic rings. The Kier molecular flexibility index (Phi) is 5.63. The number of piperazine rings is 1. The van der Waals surface area contributed by atoms with E-state index in [0.717, 1.165) is 18.9 Å². The normalized spacial score (nSPS) is 14.1. The summed E-state index contributed by atoms with van der Waals surface area (Å²) in [6, 6.07) is 9.45. The van der Waals surface area contributed by atoms with Crippen molar-refractivity contribution in [3.63, 3.8) is 0 Å². The monoisotopic (exact) mass is 413 g/mol. The maximum absolute atomic E-state index is 12.6. The van der Waals surface area contributed by atoms with Gasteiger partial charge in [0.05, 0.1) is 17.0 Å². The number of amides is 2. The summed E-state index contributed by atoms with van der Waals surface area (Å²) in [5.41, 5.74) is 0.684. The quantitative estimate of drug-likeness (QED) is 0.696. The Morgan fingerprint density at radius 3 is 2.64 bits per heavy atom. The summed E-state index contributed by atoms with van der Waals surface area (Å²) >= 11 is 2.72. The number of nitrogens with zero attached hydrogens (tertiary/aromatic N) is 4. The molecule has 0 unspecified atom stereocenters. The van der Waals surface area contributed by atoms with E-state index >= 15 is 0 Å². The first-order chi connectivity index (χ1) is 13.7. The lowest BCUT2D eigenvalue weighted by Gasteiger charge is -2.35. The molecule has 1 saturated heterocycles. The molecule has 28 heavy (non-hydrogen) atoms. The Morgan fingerprint density at radius 2 is 1.93 bits per heavy atom. The molecule has 0 radical (unpaired) electrons. The molecule has 1 aliphatic heterocycles. The summed E-state index contributed by atoms with van der Waals surface area (Å²) in [6.45, 7) is 2.87. The van der Waals surface area contributed by atoms with Gasteiger partial charge in [-0.1, -0.05) is 12.1 Å². The summed E-state index contributed by atoms with van der Waals surface area (Å²) < 4.78 is 0. The minimum atomic E-state index is -0.173. The number of carbonyl (C=O) groups excluding carboxylic acids is 2. The van der Waals surface area contributed by atoms with Gasteiger partial charge in [0.2, 0.25) is 5.91 Å². The molecule has 0 aromatic carbocycles. The zero-order valence-corrected chi connectivity index (χ0v) is 16.7. The van der Waals surface area contributed by atoms with Crippen molar-refractivity contribution in [2.75, 3.05) is 36.4 Å². The lowest BCUT2D eigenvalue weighted by atomic mass is 10.2. The van der Waals surface area contributed by atoms with Gasteiger partial charge < -0.3 is 9.80 Å². The van der Waals surface area contributed by atoms with Crippen molar-refractivity contribution in [2.45, 2.75) is 6.42 Å². The van der Waals surface area contributed by atoms with Crippen LogP contribution in [0.15, 0.2) is 47.3 Å². The number of carbonyl (C=O) groups is 2. The van der Waals surface area contributed by atoms with Gasteiger partial charge in [0.1, 0.15) is 5.82 Å². The molecular weight excluding hydrogens is 394 g/mol. The highest BCUT2D eigenvalue weighted by molar-refractivity contribution is 7.14. The highest BCUT2D eigenvalue weighted by Crippen LogP contribution is 2.19. The van der Waals surface area contributed by atoms with Crippen molar-refractivity contribution in [3.05, 3.63) is 57.9 Å². The van der Waals surface area contributed by atoms with E-state index < -0.39 is 0 Å². The van der Waals surface area contributed by atoms with Gasteiger partial charge >= 0.3 is 0 Å². The maximum Gasteiger partial charge on any atom is 0.267 e. The van der Waals surface area contributed by atoms with Crippen LogP contribution in [0.1, 0.15) is 15.4 Å². The number of nitrogens with one attached hydrogen (secondary N) is 1. The van der Waals surface area contributed by atoms with Crippen LogP contribution in [0.2, 0.25) is 0 Å². The van der Waals surface area contributed by atoms with Crippen LogP contribution in [-0.2, 0) is 11.2 Å². The second kappa shape index (κ2) is 8.49. The topological polar surface area (TPSA) is 78.4 Å². The molecule has 4 rings (SSSR count). The number of hydrogen-bond acceptors (Lipinski definition) is 7. The van der Waals surface area contributed by atoms with Gasteiger partial charge in [-0.3, -0.25) is 14.9 Å². The largest absolute Gasteiger partial charge is 0.353 e. The third-order valence-electron chi connectivity index (χ3n) is 4.46. The predicted molar refractivity (Wildman–Crippen MR) is 111 cm³/mol. The fourth-order valence-electron chi connectivity index (χ4n) is 3.00. The Bertz CT molecular complexity index is 934. The second-order valence-corrected chi connectivity index (χ2v) is 8.11. The molecule has 3 aromatic heterocycles. The number of thiophene rings is 1. The lowest BCUT2D eigenvalue weighted by Crippen LogP contribution is -2.49. The van der Waals surface area contributed by atoms with Crippen molar-refractivity contribution in [2.24, 2.45) is 0 Å². The fourth-order valence-corrected chi connectivity index (χ4v) is 4.33. The molecule has 1 aliphatic rings. The number of anilines is 2. The van der Waals surface area contributed by atoms with Gasteiger partial charge in [0, 0.05) is 37.8 Å². The molecule has 0 spiro atoms. The summed E-state index contributed by atoms with van der Waals surface area (Å²) in [4.78, 5) is 38.1. The SMILES string of the molecule is O=C(Nc1nc(CC(=O)N2CCN(c3ccccn3)CC2)cs1)c1cccs1. The molecule has 7 nitrogen and oxygen atoms in total. The van der Waals surface area contributed by atoms with E-state index in [4.69, 9.17) is 0 Å². The number of hydrogen-bond donors (Lipinski definition) is 1. The molecule has 144 valence electrons. The van der Waals surface area contributed by atoms with Crippen LogP contribution in [-0.4, -0.2) is 52.9 Å². The highest BCUT2D eigenvalue weighted by atomic mass is 32.1. The van der Waals surface area contributed by atoms with Crippen molar-refractivity contribution in [1.82, 2.24) is 14.9 Å². The van der Waals surface area contributed by atoms with Crippen LogP contribution in [0, 0.1) is 0 Å². The van der Waals surface area contributed by atoms with Gasteiger partial charge in [-0.05, 0) is 23.6 Å². The standard InChI is InChI=1S/C19H19N5O2S2/c25-17(24-9-7-23(8-10-24)16-5-1-2-6-20-16)12-14-13-28-19(21-14)22-18(26)15-4-3-11-27-15/h1-6,11,13H,7-10,12H2,(H,21,22,26). The lowest BCUT2D eigenvalue weighted by molar-refractivity contribution is -0.130. The maximum atomic E-state index is 12.6. The Hall–Kier alpha value is -2.78. The van der Waals surface area contributed by atoms with Crippen LogP contribution in [0.5, 0.6) is 0 Å². The second-order valence-electron chi connectivity index (χ2n) is 6.31. The number of thiazole rings is 1. The van der Waals surface area contributed by atoms with E-state index in [1.807, 2.05) is 39.9 Å². The first kappa shape index (κ1) is 18.6. The van der Waals surface area contributed by atoms with Gasteiger partial charge in [-0.25, -0.2) is 9.97 Å². The molecule has 1 fully saturated rings. The molecular formula is C19H19N5O2S2. The van der Waals surface area contributed by atoms with Crippen molar-refractivity contribution < 1.29 is 9.59 Å². The van der Waals surface area contributed by atoms with E-state index in [1.54, 1.807) is 12.3 Å². The van der Waals surface area contributed by atoms with E-state index in [0.29, 0.717) is 28.8 Å². The molecule has 4 heterocycles. The average Bonchev–Trinajstić information content (AvgIpc) is 3.41. The van der Waals surface area contributed by atoms with Crippen LogP contribution in [0.4, 0.5) is 10.9 Å². The number of aromatic nitrogens is 2.